The Labute approximate surface area is 141 Å². The van der Waals surface area contributed by atoms with Gasteiger partial charge in [-0.2, -0.15) is 0 Å². The summed E-state index contributed by atoms with van der Waals surface area (Å²) in [6.45, 7) is 4.84. The predicted octanol–water partition coefficient (Wildman–Crippen LogP) is 5.25. The minimum Gasteiger partial charge on any atom is -0.497 e. The van der Waals surface area contributed by atoms with Crippen LogP contribution in [0.15, 0.2) is 42.5 Å². The largest absolute Gasteiger partial charge is 0.497 e. The SMILES string of the molecule is CCN(c1cccc(OC)c1)C(C)Oc1ccc(Cl)cc1Cl. The molecule has 0 heterocycles. The van der Waals surface area contributed by atoms with Gasteiger partial charge in [0.25, 0.3) is 0 Å². The van der Waals surface area contributed by atoms with Crippen molar-refractivity contribution in [1.29, 1.82) is 0 Å². The van der Waals surface area contributed by atoms with E-state index in [9.17, 15) is 0 Å². The monoisotopic (exact) mass is 339 g/mol. The van der Waals surface area contributed by atoms with Crippen molar-refractivity contribution >= 4 is 28.9 Å². The summed E-state index contributed by atoms with van der Waals surface area (Å²) in [7, 11) is 1.66. The topological polar surface area (TPSA) is 21.7 Å². The lowest BCUT2D eigenvalue weighted by molar-refractivity contribution is 0.216. The van der Waals surface area contributed by atoms with E-state index >= 15 is 0 Å². The first kappa shape index (κ1) is 16.8. The van der Waals surface area contributed by atoms with E-state index in [0.29, 0.717) is 15.8 Å². The number of methoxy groups -OCH3 is 1. The molecule has 0 amide bonds. The van der Waals surface area contributed by atoms with Gasteiger partial charge in [-0.15, -0.1) is 0 Å². The molecule has 0 fully saturated rings. The van der Waals surface area contributed by atoms with Gasteiger partial charge in [0.2, 0.25) is 0 Å². The summed E-state index contributed by atoms with van der Waals surface area (Å²) in [4.78, 5) is 2.12. The van der Waals surface area contributed by atoms with Gasteiger partial charge in [-0.25, -0.2) is 0 Å². The summed E-state index contributed by atoms with van der Waals surface area (Å²) in [6.07, 6.45) is -0.184. The molecule has 0 spiro atoms. The van der Waals surface area contributed by atoms with E-state index in [1.54, 1.807) is 25.3 Å². The zero-order valence-corrected chi connectivity index (χ0v) is 14.4. The third-order valence-corrected chi connectivity index (χ3v) is 3.89. The molecule has 1 unspecified atom stereocenters. The molecule has 0 radical (unpaired) electrons. The molecule has 1 atom stereocenters. The number of ether oxygens (including phenoxy) is 2. The molecule has 0 N–H and O–H groups in total. The minimum absolute atomic E-state index is 0.184. The number of anilines is 1. The standard InChI is InChI=1S/C17H19Cl2NO2/c1-4-20(14-6-5-7-15(11-14)21-3)12(2)22-17-9-8-13(18)10-16(17)19/h5-12H,4H2,1-3H3. The lowest BCUT2D eigenvalue weighted by atomic mass is 10.2. The first-order chi connectivity index (χ1) is 10.5. The molecule has 0 saturated heterocycles. The molecule has 0 aliphatic carbocycles. The third kappa shape index (κ3) is 3.99. The molecule has 0 aliphatic heterocycles. The van der Waals surface area contributed by atoms with Crippen LogP contribution in [0.4, 0.5) is 5.69 Å². The van der Waals surface area contributed by atoms with Crippen molar-refractivity contribution in [1.82, 2.24) is 0 Å². The fraction of sp³-hybridized carbons (Fsp3) is 0.294. The molecule has 3 nitrogen and oxygen atoms in total. The lowest BCUT2D eigenvalue weighted by Gasteiger charge is -2.30. The molecule has 118 valence electrons. The number of benzene rings is 2. The number of rotatable bonds is 6. The van der Waals surface area contributed by atoms with Crippen LogP contribution in [0, 0.1) is 0 Å². The fourth-order valence-electron chi connectivity index (χ4n) is 2.26. The molecule has 0 saturated carbocycles. The smallest absolute Gasteiger partial charge is 0.169 e. The van der Waals surface area contributed by atoms with Crippen molar-refractivity contribution in [3.05, 3.63) is 52.5 Å². The van der Waals surface area contributed by atoms with Crippen molar-refractivity contribution in [3.63, 3.8) is 0 Å². The van der Waals surface area contributed by atoms with Crippen LogP contribution >= 0.6 is 23.2 Å². The molecule has 0 aliphatic rings. The Hall–Kier alpha value is -1.58. The van der Waals surface area contributed by atoms with Gasteiger partial charge in [-0.3, -0.25) is 0 Å². The number of nitrogens with zero attached hydrogens (tertiary/aromatic N) is 1. The second kappa shape index (κ2) is 7.61. The van der Waals surface area contributed by atoms with Crippen molar-refractivity contribution in [2.75, 3.05) is 18.6 Å². The number of halogens is 2. The van der Waals surface area contributed by atoms with Crippen LogP contribution in [0.25, 0.3) is 0 Å². The zero-order chi connectivity index (χ0) is 16.1. The average Bonchev–Trinajstić information content (AvgIpc) is 2.51. The molecular weight excluding hydrogens is 321 g/mol. The Morgan fingerprint density at radius 2 is 1.91 bits per heavy atom. The van der Waals surface area contributed by atoms with Gasteiger partial charge in [-0.1, -0.05) is 29.3 Å². The van der Waals surface area contributed by atoms with E-state index in [0.717, 1.165) is 18.0 Å². The van der Waals surface area contributed by atoms with E-state index < -0.39 is 0 Å². The van der Waals surface area contributed by atoms with Crippen LogP contribution < -0.4 is 14.4 Å². The van der Waals surface area contributed by atoms with Crippen molar-refractivity contribution in [2.24, 2.45) is 0 Å². The van der Waals surface area contributed by atoms with Crippen LogP contribution in [0.2, 0.25) is 10.0 Å². The van der Waals surface area contributed by atoms with Gasteiger partial charge in [-0.05, 0) is 44.2 Å². The summed E-state index contributed by atoms with van der Waals surface area (Å²) in [6, 6.07) is 13.1. The van der Waals surface area contributed by atoms with Gasteiger partial charge in [0.05, 0.1) is 12.1 Å². The zero-order valence-electron chi connectivity index (χ0n) is 12.8. The highest BCUT2D eigenvalue weighted by Crippen LogP contribution is 2.30. The Bertz CT molecular complexity index is 634. The van der Waals surface area contributed by atoms with Gasteiger partial charge in [0, 0.05) is 23.3 Å². The molecule has 5 heteroatoms. The number of hydrogen-bond donors (Lipinski definition) is 0. The first-order valence-electron chi connectivity index (χ1n) is 7.07. The van der Waals surface area contributed by atoms with Crippen molar-refractivity contribution in [3.8, 4) is 11.5 Å². The van der Waals surface area contributed by atoms with Gasteiger partial charge in [0.1, 0.15) is 11.5 Å². The molecule has 2 rings (SSSR count). The average molecular weight is 340 g/mol. The maximum Gasteiger partial charge on any atom is 0.169 e. The van der Waals surface area contributed by atoms with E-state index in [1.807, 2.05) is 31.2 Å². The summed E-state index contributed by atoms with van der Waals surface area (Å²) in [5.74, 6) is 1.42. The second-order valence-electron chi connectivity index (χ2n) is 4.78. The molecule has 0 bridgehead atoms. The highest BCUT2D eigenvalue weighted by molar-refractivity contribution is 6.35. The molecule has 2 aromatic rings. The Morgan fingerprint density at radius 1 is 1.14 bits per heavy atom. The fourth-order valence-corrected chi connectivity index (χ4v) is 2.71. The maximum absolute atomic E-state index is 6.17. The van der Waals surface area contributed by atoms with Crippen molar-refractivity contribution in [2.45, 2.75) is 20.1 Å². The Kier molecular flexibility index (Phi) is 5.81. The summed E-state index contributed by atoms with van der Waals surface area (Å²) in [5.41, 5.74) is 1.03. The van der Waals surface area contributed by atoms with E-state index in [1.165, 1.54) is 0 Å². The number of hydrogen-bond acceptors (Lipinski definition) is 3. The molecule has 2 aromatic carbocycles. The van der Waals surface area contributed by atoms with E-state index in [-0.39, 0.29) is 6.23 Å². The summed E-state index contributed by atoms with van der Waals surface area (Å²) >= 11 is 12.1. The molecular formula is C17H19Cl2NO2. The molecule has 0 aromatic heterocycles. The lowest BCUT2D eigenvalue weighted by Crippen LogP contribution is -2.37. The van der Waals surface area contributed by atoms with Crippen LogP contribution in [0.1, 0.15) is 13.8 Å². The minimum atomic E-state index is -0.184. The normalized spacial score (nSPS) is 11.9. The van der Waals surface area contributed by atoms with Crippen LogP contribution in [-0.4, -0.2) is 19.9 Å². The molecule has 22 heavy (non-hydrogen) atoms. The maximum atomic E-state index is 6.17. The quantitative estimate of drug-likeness (QED) is 0.670. The van der Waals surface area contributed by atoms with Crippen LogP contribution in [0.5, 0.6) is 11.5 Å². The van der Waals surface area contributed by atoms with Crippen molar-refractivity contribution < 1.29 is 9.47 Å². The van der Waals surface area contributed by atoms with Gasteiger partial charge < -0.3 is 14.4 Å². The highest BCUT2D eigenvalue weighted by Gasteiger charge is 2.16. The van der Waals surface area contributed by atoms with E-state index in [2.05, 4.69) is 11.8 Å². The van der Waals surface area contributed by atoms with Gasteiger partial charge in [0.15, 0.2) is 6.23 Å². The summed E-state index contributed by atoms with van der Waals surface area (Å²) in [5, 5.41) is 1.09. The highest BCUT2D eigenvalue weighted by atomic mass is 35.5. The van der Waals surface area contributed by atoms with Crippen LogP contribution in [0.3, 0.4) is 0 Å². The van der Waals surface area contributed by atoms with Gasteiger partial charge >= 0.3 is 0 Å². The first-order valence-corrected chi connectivity index (χ1v) is 7.83. The predicted molar refractivity (Wildman–Crippen MR) is 92.6 cm³/mol. The summed E-state index contributed by atoms with van der Waals surface area (Å²) < 4.78 is 11.3. The van der Waals surface area contributed by atoms with E-state index in [4.69, 9.17) is 32.7 Å². The van der Waals surface area contributed by atoms with Crippen LogP contribution in [-0.2, 0) is 0 Å². The second-order valence-corrected chi connectivity index (χ2v) is 5.62. The third-order valence-electron chi connectivity index (χ3n) is 3.36. The Morgan fingerprint density at radius 3 is 2.55 bits per heavy atom. The Balaban J connectivity index is 2.19.